The van der Waals surface area contributed by atoms with E-state index in [1.807, 2.05) is 31.4 Å². The number of hydrogen-bond donors (Lipinski definition) is 1. The molecule has 0 unspecified atom stereocenters. The van der Waals surface area contributed by atoms with Gasteiger partial charge in [-0.05, 0) is 44.5 Å². The number of halogens is 2. The standard InChI is InChI=1S/C26H28F2N8O/c1-16(2)36-17(3)31-25-20(27)10-19(11-22(25)36)24-21(28)13-30-26(33-24)32-23-5-4-18(12-29-23)14-34-6-8-35(15-37)9-7-34/h4-5,10-13,15-16H,6-9,14H2,1-3H3,(H,29,30,32,33). The fourth-order valence-electron chi connectivity index (χ4n) is 4.68. The Morgan fingerprint density at radius 2 is 1.81 bits per heavy atom. The molecule has 9 nitrogen and oxygen atoms in total. The highest BCUT2D eigenvalue weighted by Crippen LogP contribution is 2.30. The van der Waals surface area contributed by atoms with Crippen molar-refractivity contribution in [3.05, 3.63) is 59.7 Å². The van der Waals surface area contributed by atoms with E-state index in [0.717, 1.165) is 50.9 Å². The van der Waals surface area contributed by atoms with Gasteiger partial charge in [0, 0.05) is 50.5 Å². The summed E-state index contributed by atoms with van der Waals surface area (Å²) in [7, 11) is 0. The van der Waals surface area contributed by atoms with Gasteiger partial charge in [0.05, 0.1) is 11.7 Å². The lowest BCUT2D eigenvalue weighted by molar-refractivity contribution is -0.119. The molecular formula is C26H28F2N8O. The molecule has 37 heavy (non-hydrogen) atoms. The van der Waals surface area contributed by atoms with Crippen LogP contribution in [-0.4, -0.2) is 66.9 Å². The van der Waals surface area contributed by atoms with Gasteiger partial charge in [0.2, 0.25) is 12.4 Å². The van der Waals surface area contributed by atoms with E-state index in [0.29, 0.717) is 22.7 Å². The second kappa shape index (κ2) is 10.2. The van der Waals surface area contributed by atoms with Crippen LogP contribution in [0.4, 0.5) is 20.5 Å². The summed E-state index contributed by atoms with van der Waals surface area (Å²) in [5.74, 6) is 0.143. The van der Waals surface area contributed by atoms with Gasteiger partial charge in [-0.15, -0.1) is 0 Å². The second-order valence-corrected chi connectivity index (χ2v) is 9.43. The number of fused-ring (bicyclic) bond motifs is 1. The van der Waals surface area contributed by atoms with Crippen LogP contribution in [0.15, 0.2) is 36.7 Å². The van der Waals surface area contributed by atoms with Gasteiger partial charge in [0.15, 0.2) is 11.6 Å². The van der Waals surface area contributed by atoms with Crippen molar-refractivity contribution in [1.29, 1.82) is 0 Å². The molecule has 1 amide bonds. The number of hydrogen-bond acceptors (Lipinski definition) is 7. The number of imidazole rings is 1. The van der Waals surface area contributed by atoms with Crippen LogP contribution in [0.25, 0.3) is 22.3 Å². The van der Waals surface area contributed by atoms with E-state index in [-0.39, 0.29) is 23.2 Å². The van der Waals surface area contributed by atoms with E-state index in [1.165, 1.54) is 6.07 Å². The molecule has 11 heteroatoms. The van der Waals surface area contributed by atoms with Crippen molar-refractivity contribution in [3.63, 3.8) is 0 Å². The van der Waals surface area contributed by atoms with Gasteiger partial charge in [-0.2, -0.15) is 0 Å². The van der Waals surface area contributed by atoms with Crippen molar-refractivity contribution >= 4 is 29.2 Å². The summed E-state index contributed by atoms with van der Waals surface area (Å²) in [5, 5.41) is 3.00. The molecule has 4 aromatic rings. The number of rotatable bonds is 7. The van der Waals surface area contributed by atoms with Crippen molar-refractivity contribution in [2.24, 2.45) is 0 Å². The van der Waals surface area contributed by atoms with E-state index in [2.05, 4.69) is 30.2 Å². The first kappa shape index (κ1) is 24.7. The lowest BCUT2D eigenvalue weighted by Crippen LogP contribution is -2.45. The van der Waals surface area contributed by atoms with Crippen molar-refractivity contribution < 1.29 is 13.6 Å². The van der Waals surface area contributed by atoms with Crippen LogP contribution >= 0.6 is 0 Å². The molecule has 0 aliphatic carbocycles. The first-order valence-electron chi connectivity index (χ1n) is 12.2. The number of piperazine rings is 1. The molecule has 3 aromatic heterocycles. The van der Waals surface area contributed by atoms with Crippen LogP contribution < -0.4 is 5.32 Å². The minimum Gasteiger partial charge on any atom is -0.343 e. The Labute approximate surface area is 213 Å². The first-order chi connectivity index (χ1) is 17.8. The Morgan fingerprint density at radius 1 is 1.03 bits per heavy atom. The number of nitrogens with zero attached hydrogens (tertiary/aromatic N) is 7. The van der Waals surface area contributed by atoms with E-state index < -0.39 is 11.6 Å². The van der Waals surface area contributed by atoms with Crippen molar-refractivity contribution in [2.45, 2.75) is 33.4 Å². The summed E-state index contributed by atoms with van der Waals surface area (Å²) in [6.07, 6.45) is 3.71. The largest absolute Gasteiger partial charge is 0.343 e. The Hall–Kier alpha value is -3.99. The SMILES string of the molecule is Cc1nc2c(F)cc(-c3nc(Nc4ccc(CN5CCN(C=O)CC5)cn4)ncc3F)cc2n1C(C)C. The Kier molecular flexibility index (Phi) is 6.79. The molecule has 0 radical (unpaired) electrons. The minimum absolute atomic E-state index is 0.0152. The van der Waals surface area contributed by atoms with Gasteiger partial charge in [-0.3, -0.25) is 9.69 Å². The fraction of sp³-hybridized carbons (Fsp3) is 0.346. The molecule has 1 saturated heterocycles. The predicted molar refractivity (Wildman–Crippen MR) is 136 cm³/mol. The number of carbonyl (C=O) groups is 1. The van der Waals surface area contributed by atoms with Crippen molar-refractivity contribution in [1.82, 2.24) is 34.3 Å². The summed E-state index contributed by atoms with van der Waals surface area (Å²) < 4.78 is 31.6. The zero-order valence-electron chi connectivity index (χ0n) is 20.9. The topological polar surface area (TPSA) is 92.1 Å². The highest BCUT2D eigenvalue weighted by atomic mass is 19.1. The normalized spacial score (nSPS) is 14.5. The van der Waals surface area contributed by atoms with Crippen molar-refractivity contribution in [3.8, 4) is 11.3 Å². The van der Waals surface area contributed by atoms with Gasteiger partial charge in [-0.25, -0.2) is 28.7 Å². The number of carbonyl (C=O) groups excluding carboxylic acids is 1. The van der Waals surface area contributed by atoms with Crippen LogP contribution in [0.2, 0.25) is 0 Å². The van der Waals surface area contributed by atoms with Gasteiger partial charge < -0.3 is 14.8 Å². The maximum Gasteiger partial charge on any atom is 0.229 e. The van der Waals surface area contributed by atoms with Gasteiger partial charge >= 0.3 is 0 Å². The molecule has 5 rings (SSSR count). The number of aryl methyl sites for hydroxylation is 1. The monoisotopic (exact) mass is 506 g/mol. The molecule has 1 aromatic carbocycles. The van der Waals surface area contributed by atoms with Crippen LogP contribution in [-0.2, 0) is 11.3 Å². The molecule has 1 aliphatic rings. The molecule has 1 aliphatic heterocycles. The number of pyridine rings is 1. The third kappa shape index (κ3) is 5.12. The third-order valence-electron chi connectivity index (χ3n) is 6.49. The second-order valence-electron chi connectivity index (χ2n) is 9.43. The average molecular weight is 507 g/mol. The van der Waals surface area contributed by atoms with E-state index >= 15 is 0 Å². The lowest BCUT2D eigenvalue weighted by Gasteiger charge is -2.32. The summed E-state index contributed by atoms with van der Waals surface area (Å²) in [6, 6.07) is 6.76. The van der Waals surface area contributed by atoms with Gasteiger partial charge in [-0.1, -0.05) is 6.07 Å². The highest BCUT2D eigenvalue weighted by Gasteiger charge is 2.19. The maximum atomic E-state index is 14.9. The average Bonchev–Trinajstić information content (AvgIpc) is 3.23. The Balaban J connectivity index is 1.35. The smallest absolute Gasteiger partial charge is 0.229 e. The summed E-state index contributed by atoms with van der Waals surface area (Å²) in [5.41, 5.74) is 2.15. The number of benzene rings is 1. The maximum absolute atomic E-state index is 14.9. The Bertz CT molecular complexity index is 1430. The zero-order valence-corrected chi connectivity index (χ0v) is 20.9. The molecule has 0 spiro atoms. The number of amides is 1. The lowest BCUT2D eigenvalue weighted by atomic mass is 10.1. The number of aromatic nitrogens is 5. The van der Waals surface area contributed by atoms with Crippen LogP contribution in [0.5, 0.6) is 0 Å². The number of nitrogens with one attached hydrogen (secondary N) is 1. The minimum atomic E-state index is -0.658. The highest BCUT2D eigenvalue weighted by molar-refractivity contribution is 5.83. The molecular weight excluding hydrogens is 478 g/mol. The first-order valence-corrected chi connectivity index (χ1v) is 12.2. The third-order valence-corrected chi connectivity index (χ3v) is 6.49. The van der Waals surface area contributed by atoms with E-state index in [1.54, 1.807) is 23.2 Å². The fourth-order valence-corrected chi connectivity index (χ4v) is 4.68. The van der Waals surface area contributed by atoms with Crippen molar-refractivity contribution in [2.75, 3.05) is 31.5 Å². The molecule has 1 fully saturated rings. The van der Waals surface area contributed by atoms with Crippen LogP contribution in [0, 0.1) is 18.6 Å². The number of anilines is 2. The summed E-state index contributed by atoms with van der Waals surface area (Å²) in [6.45, 7) is 9.59. The quantitative estimate of drug-likeness (QED) is 0.378. The molecule has 0 bridgehead atoms. The zero-order chi connectivity index (χ0) is 26.1. The van der Waals surface area contributed by atoms with E-state index in [4.69, 9.17) is 0 Å². The predicted octanol–water partition coefficient (Wildman–Crippen LogP) is 4.07. The van der Waals surface area contributed by atoms with Gasteiger partial charge in [0.1, 0.15) is 22.9 Å². The van der Waals surface area contributed by atoms with Crippen LogP contribution in [0.3, 0.4) is 0 Å². The molecule has 192 valence electrons. The molecule has 0 saturated carbocycles. The van der Waals surface area contributed by atoms with Crippen LogP contribution in [0.1, 0.15) is 31.3 Å². The Morgan fingerprint density at radius 3 is 2.49 bits per heavy atom. The summed E-state index contributed by atoms with van der Waals surface area (Å²) in [4.78, 5) is 32.0. The molecule has 4 heterocycles. The van der Waals surface area contributed by atoms with Gasteiger partial charge in [0.25, 0.3) is 0 Å². The molecule has 0 atom stereocenters. The van der Waals surface area contributed by atoms with E-state index in [9.17, 15) is 13.6 Å². The molecule has 1 N–H and O–H groups in total. The summed E-state index contributed by atoms with van der Waals surface area (Å²) >= 11 is 0.